The maximum absolute atomic E-state index is 12.6. The third-order valence-electron chi connectivity index (χ3n) is 3.42. The zero-order valence-corrected chi connectivity index (χ0v) is 12.7. The first-order valence-electron chi connectivity index (χ1n) is 6.74. The van der Waals surface area contributed by atoms with Gasteiger partial charge in [0, 0.05) is 31.7 Å². The molecule has 0 saturated heterocycles. The number of imidazole rings is 1. The molecule has 3 N–H and O–H groups in total. The van der Waals surface area contributed by atoms with Gasteiger partial charge < -0.3 is 10.3 Å². The molecule has 1 aliphatic carbocycles. The van der Waals surface area contributed by atoms with Crippen molar-refractivity contribution < 1.29 is 8.42 Å². The zero-order valence-electron chi connectivity index (χ0n) is 11.8. The first-order valence-corrected chi connectivity index (χ1v) is 8.18. The highest BCUT2D eigenvalue weighted by atomic mass is 32.2. The Morgan fingerprint density at radius 2 is 2.25 bits per heavy atom. The van der Waals surface area contributed by atoms with Crippen LogP contribution >= 0.6 is 0 Å². The van der Waals surface area contributed by atoms with Crippen LogP contribution < -0.4 is 5.73 Å². The third kappa shape index (κ3) is 3.01. The van der Waals surface area contributed by atoms with Crippen LogP contribution in [0.4, 0.5) is 0 Å². The number of nitrogens with zero attached hydrogens (tertiary/aromatic N) is 3. The molecule has 1 aliphatic rings. The van der Waals surface area contributed by atoms with Gasteiger partial charge in [-0.2, -0.15) is 4.31 Å². The molecule has 0 radical (unpaired) electrons. The Morgan fingerprint density at radius 3 is 2.70 bits per heavy atom. The summed E-state index contributed by atoms with van der Waals surface area (Å²) < 4.78 is 28.5. The van der Waals surface area contributed by atoms with Crippen LogP contribution in [-0.4, -0.2) is 40.7 Å². The van der Waals surface area contributed by atoms with Gasteiger partial charge in [-0.25, -0.2) is 13.4 Å². The van der Waals surface area contributed by atoms with Gasteiger partial charge in [0.15, 0.2) is 5.03 Å². The summed E-state index contributed by atoms with van der Waals surface area (Å²) in [5.41, 5.74) is 5.34. The first kappa shape index (κ1) is 15.0. The molecule has 112 valence electrons. The van der Waals surface area contributed by atoms with E-state index in [1.165, 1.54) is 4.31 Å². The number of nitrogens with one attached hydrogen (secondary N) is 1. The third-order valence-corrected chi connectivity index (χ3v) is 5.25. The molecule has 2 rings (SSSR count). The predicted molar refractivity (Wildman–Crippen MR) is 76.1 cm³/mol. The predicted octanol–water partition coefficient (Wildman–Crippen LogP) is 0.691. The maximum Gasteiger partial charge on any atom is 0.262 e. The molecule has 7 nitrogen and oxygen atoms in total. The fourth-order valence-corrected chi connectivity index (χ4v) is 3.82. The molecule has 0 atom stereocenters. The smallest absolute Gasteiger partial charge is 0.262 e. The Labute approximate surface area is 119 Å². The Balaban J connectivity index is 2.27. The van der Waals surface area contributed by atoms with E-state index < -0.39 is 10.0 Å². The number of rotatable bonds is 7. The summed E-state index contributed by atoms with van der Waals surface area (Å²) >= 11 is 0. The molecule has 1 saturated carbocycles. The van der Waals surface area contributed by atoms with Gasteiger partial charge in [0.25, 0.3) is 10.0 Å². The Morgan fingerprint density at radius 1 is 1.60 bits per heavy atom. The van der Waals surface area contributed by atoms with E-state index in [1.54, 1.807) is 13.1 Å². The summed E-state index contributed by atoms with van der Waals surface area (Å²) in [6.07, 6.45) is 3.56. The van der Waals surface area contributed by atoms with Crippen molar-refractivity contribution in [2.24, 2.45) is 5.73 Å². The molecule has 0 unspecified atom stereocenters. The van der Waals surface area contributed by atoms with Crippen LogP contribution in [0.1, 0.15) is 32.0 Å². The standard InChI is InChI=1S/C12H21N5O2S/c1-3-16-8-12(15-9(16)2)20(18,19)17(10-4-5-10)7-6-11(13)14/h8,10H,3-7H2,1-2H3,(H3,13,14). The van der Waals surface area contributed by atoms with Gasteiger partial charge in [-0.1, -0.05) is 0 Å². The molecule has 1 aromatic rings. The van der Waals surface area contributed by atoms with Crippen LogP contribution in [-0.2, 0) is 16.6 Å². The monoisotopic (exact) mass is 299 g/mol. The van der Waals surface area contributed by atoms with Gasteiger partial charge >= 0.3 is 0 Å². The average Bonchev–Trinajstić information content (AvgIpc) is 3.11. The van der Waals surface area contributed by atoms with E-state index in [4.69, 9.17) is 11.1 Å². The number of nitrogens with two attached hydrogens (primary N) is 1. The topological polar surface area (TPSA) is 105 Å². The van der Waals surface area contributed by atoms with E-state index in [9.17, 15) is 8.42 Å². The highest BCUT2D eigenvalue weighted by Crippen LogP contribution is 2.31. The molecule has 8 heteroatoms. The highest BCUT2D eigenvalue weighted by Gasteiger charge is 2.39. The molecule has 0 bridgehead atoms. The highest BCUT2D eigenvalue weighted by molar-refractivity contribution is 7.89. The maximum atomic E-state index is 12.6. The molecule has 1 fully saturated rings. The van der Waals surface area contributed by atoms with Crippen LogP contribution in [0.2, 0.25) is 0 Å². The van der Waals surface area contributed by atoms with Crippen LogP contribution in [0.15, 0.2) is 11.2 Å². The molecule has 1 heterocycles. The SMILES string of the molecule is CCn1cc(S(=O)(=O)N(CCC(=N)N)C2CC2)nc1C. The molecular formula is C12H21N5O2S. The summed E-state index contributed by atoms with van der Waals surface area (Å²) in [7, 11) is -3.60. The Bertz CT molecular complexity index is 603. The fourth-order valence-electron chi connectivity index (χ4n) is 2.14. The lowest BCUT2D eigenvalue weighted by Crippen LogP contribution is -2.36. The van der Waals surface area contributed by atoms with Crippen molar-refractivity contribution in [2.45, 2.75) is 50.7 Å². The van der Waals surface area contributed by atoms with Gasteiger partial charge in [-0.15, -0.1) is 0 Å². The lowest BCUT2D eigenvalue weighted by Gasteiger charge is -2.20. The summed E-state index contributed by atoms with van der Waals surface area (Å²) in [6, 6.07) is 0.0337. The summed E-state index contributed by atoms with van der Waals surface area (Å²) in [5.74, 6) is 0.689. The van der Waals surface area contributed by atoms with Crippen LogP contribution in [0, 0.1) is 12.3 Å². The second kappa shape index (κ2) is 5.53. The van der Waals surface area contributed by atoms with E-state index in [-0.39, 0.29) is 29.9 Å². The van der Waals surface area contributed by atoms with Crippen molar-refractivity contribution in [1.29, 1.82) is 5.41 Å². The van der Waals surface area contributed by atoms with Crippen molar-refractivity contribution in [3.63, 3.8) is 0 Å². The minimum Gasteiger partial charge on any atom is -0.388 e. The van der Waals surface area contributed by atoms with Crippen molar-refractivity contribution in [2.75, 3.05) is 6.54 Å². The largest absolute Gasteiger partial charge is 0.388 e. The van der Waals surface area contributed by atoms with Crippen LogP contribution in [0.3, 0.4) is 0 Å². The molecule has 0 spiro atoms. The van der Waals surface area contributed by atoms with Gasteiger partial charge in [-0.05, 0) is 26.7 Å². The van der Waals surface area contributed by atoms with Gasteiger partial charge in [0.2, 0.25) is 0 Å². The minimum absolute atomic E-state index is 0.00104. The lowest BCUT2D eigenvalue weighted by atomic mass is 10.4. The Hall–Kier alpha value is -1.41. The van der Waals surface area contributed by atoms with E-state index in [0.717, 1.165) is 12.8 Å². The molecule has 1 aromatic heterocycles. The van der Waals surface area contributed by atoms with Gasteiger partial charge in [-0.3, -0.25) is 5.41 Å². The summed E-state index contributed by atoms with van der Waals surface area (Å²) in [5, 5.41) is 7.35. The van der Waals surface area contributed by atoms with E-state index in [1.807, 2.05) is 11.5 Å². The second-order valence-corrected chi connectivity index (χ2v) is 6.87. The number of aryl methyl sites for hydroxylation is 2. The van der Waals surface area contributed by atoms with E-state index in [2.05, 4.69) is 4.98 Å². The summed E-state index contributed by atoms with van der Waals surface area (Å²) in [6.45, 7) is 4.67. The van der Waals surface area contributed by atoms with Gasteiger partial charge in [0.05, 0.1) is 5.84 Å². The number of hydrogen-bond donors (Lipinski definition) is 2. The van der Waals surface area contributed by atoms with E-state index >= 15 is 0 Å². The number of sulfonamides is 1. The van der Waals surface area contributed by atoms with Crippen molar-refractivity contribution in [3.8, 4) is 0 Å². The average molecular weight is 299 g/mol. The number of hydrogen-bond acceptors (Lipinski definition) is 4. The molecule has 20 heavy (non-hydrogen) atoms. The van der Waals surface area contributed by atoms with Gasteiger partial charge in [0.1, 0.15) is 5.82 Å². The second-order valence-electron chi connectivity index (χ2n) is 5.03. The first-order chi connectivity index (χ1) is 9.36. The van der Waals surface area contributed by atoms with E-state index in [0.29, 0.717) is 12.4 Å². The van der Waals surface area contributed by atoms with Crippen molar-refractivity contribution in [3.05, 3.63) is 12.0 Å². The quantitative estimate of drug-likeness (QED) is 0.571. The number of aromatic nitrogens is 2. The Kier molecular flexibility index (Phi) is 4.14. The molecule has 0 amide bonds. The number of amidine groups is 1. The zero-order chi connectivity index (χ0) is 14.9. The van der Waals surface area contributed by atoms with Crippen molar-refractivity contribution >= 4 is 15.9 Å². The van der Waals surface area contributed by atoms with Crippen molar-refractivity contribution in [1.82, 2.24) is 13.9 Å². The molecular weight excluding hydrogens is 278 g/mol. The normalized spacial score (nSPS) is 15.8. The van der Waals surface area contributed by atoms with Crippen LogP contribution in [0.25, 0.3) is 0 Å². The lowest BCUT2D eigenvalue weighted by molar-refractivity contribution is 0.410. The fraction of sp³-hybridized carbons (Fsp3) is 0.667. The molecule has 0 aromatic carbocycles. The minimum atomic E-state index is -3.60. The van der Waals surface area contributed by atoms with Crippen LogP contribution in [0.5, 0.6) is 0 Å². The summed E-state index contributed by atoms with van der Waals surface area (Å²) in [4.78, 5) is 4.16. The molecule has 0 aliphatic heterocycles.